The number of ether oxygens (including phenoxy) is 1. The Balaban J connectivity index is 1.43. The third-order valence-electron chi connectivity index (χ3n) is 7.46. The number of anilines is 1. The highest BCUT2D eigenvalue weighted by molar-refractivity contribution is 7.99. The Morgan fingerprint density at radius 1 is 1.17 bits per heavy atom. The molecule has 0 unspecified atom stereocenters. The molecule has 2 N–H and O–H groups in total. The maximum atomic E-state index is 13.7. The third-order valence-corrected chi connectivity index (χ3v) is 8.51. The molecule has 2 fully saturated rings. The average molecular weight is 519 g/mol. The van der Waals surface area contributed by atoms with E-state index in [9.17, 15) is 13.9 Å². The smallest absolute Gasteiger partial charge is 0.191 e. The zero-order valence-corrected chi connectivity index (χ0v) is 21.5. The standard InChI is InChI=1S/C25H32F2N6O2S/c1-4-9-36-25-29-23(28-19-11-16(19)15-5-6-17(26)18(27)10-15)22-24(30-25)33(32-31-22)20-12-21(35-8-7-34)14(3)13(20)2/h5-6,10,13-14,16,19-21,34H,4,7-9,11-12H2,1-3H3,(H,28,29,30)/t13-,14+,16+,19-,20-,21+/m1/s1. The van der Waals surface area contributed by atoms with Crippen molar-refractivity contribution in [1.82, 2.24) is 25.0 Å². The lowest BCUT2D eigenvalue weighted by Crippen LogP contribution is -2.20. The number of nitrogens with one attached hydrogen (secondary N) is 1. The van der Waals surface area contributed by atoms with Crippen LogP contribution in [0.2, 0.25) is 0 Å². The van der Waals surface area contributed by atoms with Crippen molar-refractivity contribution in [3.05, 3.63) is 35.4 Å². The second-order valence-electron chi connectivity index (χ2n) is 9.83. The zero-order valence-electron chi connectivity index (χ0n) is 20.7. The van der Waals surface area contributed by atoms with Gasteiger partial charge in [-0.25, -0.2) is 23.4 Å². The van der Waals surface area contributed by atoms with Gasteiger partial charge in [-0.05, 0) is 48.8 Å². The van der Waals surface area contributed by atoms with Gasteiger partial charge in [0.2, 0.25) is 0 Å². The third kappa shape index (κ3) is 4.92. The Labute approximate surface area is 213 Å². The number of aliphatic hydroxyl groups is 1. The molecule has 0 amide bonds. The van der Waals surface area contributed by atoms with E-state index in [1.54, 1.807) is 17.8 Å². The lowest BCUT2D eigenvalue weighted by atomic mass is 9.97. The minimum Gasteiger partial charge on any atom is -0.394 e. The van der Waals surface area contributed by atoms with Crippen LogP contribution in [-0.4, -0.2) is 61.2 Å². The predicted molar refractivity (Wildman–Crippen MR) is 134 cm³/mol. The van der Waals surface area contributed by atoms with Crippen LogP contribution in [0.1, 0.15) is 57.6 Å². The molecule has 0 spiro atoms. The van der Waals surface area contributed by atoms with Crippen LogP contribution < -0.4 is 5.32 Å². The van der Waals surface area contributed by atoms with E-state index in [-0.39, 0.29) is 36.6 Å². The van der Waals surface area contributed by atoms with Gasteiger partial charge in [-0.3, -0.25) is 0 Å². The Morgan fingerprint density at radius 2 is 2.00 bits per heavy atom. The van der Waals surface area contributed by atoms with Gasteiger partial charge in [0, 0.05) is 17.7 Å². The van der Waals surface area contributed by atoms with E-state index in [4.69, 9.17) is 14.7 Å². The van der Waals surface area contributed by atoms with Crippen LogP contribution in [0.25, 0.3) is 11.2 Å². The summed E-state index contributed by atoms with van der Waals surface area (Å²) in [7, 11) is 0. The average Bonchev–Trinajstić information content (AvgIpc) is 3.41. The molecule has 2 aliphatic rings. The summed E-state index contributed by atoms with van der Waals surface area (Å²) in [6.07, 6.45) is 2.59. The van der Waals surface area contributed by atoms with Crippen molar-refractivity contribution in [2.75, 3.05) is 24.3 Å². The summed E-state index contributed by atoms with van der Waals surface area (Å²) in [5.41, 5.74) is 2.05. The number of thioether (sulfide) groups is 1. The van der Waals surface area contributed by atoms with E-state index in [0.717, 1.165) is 30.6 Å². The molecule has 2 heterocycles. The molecule has 6 atom stereocenters. The fourth-order valence-electron chi connectivity index (χ4n) is 5.14. The monoisotopic (exact) mass is 518 g/mol. The summed E-state index contributed by atoms with van der Waals surface area (Å²) in [4.78, 5) is 9.57. The van der Waals surface area contributed by atoms with Crippen LogP contribution in [0.5, 0.6) is 0 Å². The quantitative estimate of drug-likeness (QED) is 0.298. The second kappa shape index (κ2) is 10.5. The maximum Gasteiger partial charge on any atom is 0.191 e. The van der Waals surface area contributed by atoms with Gasteiger partial charge in [-0.15, -0.1) is 5.10 Å². The van der Waals surface area contributed by atoms with Gasteiger partial charge in [0.15, 0.2) is 33.8 Å². The Morgan fingerprint density at radius 3 is 2.75 bits per heavy atom. The summed E-state index contributed by atoms with van der Waals surface area (Å²) in [5.74, 6) is 0.510. The molecule has 36 heavy (non-hydrogen) atoms. The highest BCUT2D eigenvalue weighted by atomic mass is 32.2. The van der Waals surface area contributed by atoms with E-state index in [2.05, 4.69) is 36.4 Å². The largest absolute Gasteiger partial charge is 0.394 e. The van der Waals surface area contributed by atoms with Crippen LogP contribution in [0, 0.1) is 23.5 Å². The number of halogens is 2. The first-order valence-corrected chi connectivity index (χ1v) is 13.6. The van der Waals surface area contributed by atoms with Crippen molar-refractivity contribution >= 4 is 28.7 Å². The van der Waals surface area contributed by atoms with E-state index in [1.165, 1.54) is 12.1 Å². The van der Waals surface area contributed by atoms with Gasteiger partial charge in [-0.1, -0.05) is 43.8 Å². The lowest BCUT2D eigenvalue weighted by Gasteiger charge is -2.19. The summed E-state index contributed by atoms with van der Waals surface area (Å²) >= 11 is 1.59. The summed E-state index contributed by atoms with van der Waals surface area (Å²) in [5, 5.41) is 22.3. The first-order chi connectivity index (χ1) is 17.4. The summed E-state index contributed by atoms with van der Waals surface area (Å²) < 4.78 is 34.9. The lowest BCUT2D eigenvalue weighted by molar-refractivity contribution is 0.00696. The normalized spacial score (nSPS) is 27.6. The van der Waals surface area contributed by atoms with Crippen LogP contribution >= 0.6 is 11.8 Å². The SMILES string of the molecule is CCCSc1nc(N[C@@H]2C[C@H]2c2ccc(F)c(F)c2)c2nnn([C@@H]3C[C@H](OCCO)[C@@H](C)[C@H]3C)c2n1. The van der Waals surface area contributed by atoms with Crippen molar-refractivity contribution in [2.24, 2.45) is 11.8 Å². The summed E-state index contributed by atoms with van der Waals surface area (Å²) in [6, 6.07) is 4.19. The Kier molecular flexibility index (Phi) is 7.41. The minimum atomic E-state index is -0.838. The summed E-state index contributed by atoms with van der Waals surface area (Å²) in [6.45, 7) is 6.79. The maximum absolute atomic E-state index is 13.7. The Hall–Kier alpha value is -2.37. The molecule has 3 aromatic rings. The highest BCUT2D eigenvalue weighted by Gasteiger charge is 2.42. The molecule has 2 aromatic heterocycles. The molecule has 1 aromatic carbocycles. The molecule has 8 nitrogen and oxygen atoms in total. The first-order valence-electron chi connectivity index (χ1n) is 12.6. The number of aliphatic hydroxyl groups excluding tert-OH is 1. The van der Waals surface area contributed by atoms with E-state index in [0.29, 0.717) is 34.7 Å². The number of hydrogen-bond donors (Lipinski definition) is 2. The molecule has 2 aliphatic carbocycles. The van der Waals surface area contributed by atoms with E-state index < -0.39 is 11.6 Å². The van der Waals surface area contributed by atoms with E-state index >= 15 is 0 Å². The molecule has 0 aliphatic heterocycles. The minimum absolute atomic E-state index is 0.00150. The number of nitrogens with zero attached hydrogens (tertiary/aromatic N) is 5. The van der Waals surface area contributed by atoms with Crippen LogP contribution in [0.15, 0.2) is 23.4 Å². The molecular weight excluding hydrogens is 486 g/mol. The van der Waals surface area contributed by atoms with Crippen LogP contribution in [0.3, 0.4) is 0 Å². The fourth-order valence-corrected chi connectivity index (χ4v) is 5.83. The van der Waals surface area contributed by atoms with Gasteiger partial charge in [-0.2, -0.15) is 0 Å². The number of fused-ring (bicyclic) bond motifs is 1. The van der Waals surface area contributed by atoms with Gasteiger partial charge in [0.05, 0.1) is 25.4 Å². The van der Waals surface area contributed by atoms with Crippen molar-refractivity contribution in [1.29, 1.82) is 0 Å². The number of aromatic nitrogens is 5. The van der Waals surface area contributed by atoms with Crippen LogP contribution in [-0.2, 0) is 4.74 Å². The topological polar surface area (TPSA) is 98.0 Å². The van der Waals surface area contributed by atoms with Gasteiger partial charge in [0.25, 0.3) is 0 Å². The first kappa shape index (κ1) is 25.3. The van der Waals surface area contributed by atoms with Crippen molar-refractivity contribution in [3.63, 3.8) is 0 Å². The van der Waals surface area contributed by atoms with Gasteiger partial charge >= 0.3 is 0 Å². The number of rotatable bonds is 10. The molecular formula is C25H32F2N6O2S. The van der Waals surface area contributed by atoms with Crippen molar-refractivity contribution in [3.8, 4) is 0 Å². The van der Waals surface area contributed by atoms with Crippen molar-refractivity contribution in [2.45, 2.75) is 69.3 Å². The fraction of sp³-hybridized carbons (Fsp3) is 0.600. The predicted octanol–water partition coefficient (Wildman–Crippen LogP) is 4.56. The molecule has 0 radical (unpaired) electrons. The van der Waals surface area contributed by atoms with Crippen LogP contribution in [0.4, 0.5) is 14.6 Å². The van der Waals surface area contributed by atoms with Gasteiger partial charge in [0.1, 0.15) is 0 Å². The second-order valence-corrected chi connectivity index (χ2v) is 10.9. The number of hydrogen-bond acceptors (Lipinski definition) is 8. The molecule has 11 heteroatoms. The molecule has 5 rings (SSSR count). The Bertz CT molecular complexity index is 1230. The molecule has 194 valence electrons. The zero-order chi connectivity index (χ0) is 25.4. The molecule has 2 saturated carbocycles. The van der Waals surface area contributed by atoms with Crippen molar-refractivity contribution < 1.29 is 18.6 Å². The van der Waals surface area contributed by atoms with Gasteiger partial charge < -0.3 is 15.2 Å². The van der Waals surface area contributed by atoms with E-state index in [1.807, 2.05) is 4.68 Å². The molecule has 0 saturated heterocycles. The molecule has 0 bridgehead atoms. The highest BCUT2D eigenvalue weighted by Crippen LogP contribution is 2.45. The number of benzene rings is 1.